The summed E-state index contributed by atoms with van der Waals surface area (Å²) < 4.78 is 8.71. The zero-order valence-electron chi connectivity index (χ0n) is 20.4. The van der Waals surface area contributed by atoms with Crippen LogP contribution in [0.2, 0.25) is 5.02 Å². The smallest absolute Gasteiger partial charge is 0.229 e. The summed E-state index contributed by atoms with van der Waals surface area (Å²) >= 11 is 8.62. The second-order valence-corrected chi connectivity index (χ2v) is 10.3. The summed E-state index contributed by atoms with van der Waals surface area (Å²) in [5, 5.41) is 11.5. The molecular weight excluding hydrogens is 591 g/mol. The number of anilines is 5. The quantitative estimate of drug-likeness (QED) is 0.263. The topological polar surface area (TPSA) is 93.0 Å². The number of methoxy groups -OCH3 is 1. The fourth-order valence-electron chi connectivity index (χ4n) is 4.40. The third kappa shape index (κ3) is 4.66. The molecule has 1 aromatic carbocycles. The van der Waals surface area contributed by atoms with Gasteiger partial charge in [0.15, 0.2) is 5.82 Å². The first-order valence-electron chi connectivity index (χ1n) is 11.5. The average molecular weight is 617 g/mol. The van der Waals surface area contributed by atoms with E-state index in [1.165, 1.54) is 5.69 Å². The minimum absolute atomic E-state index is 0.332. The minimum atomic E-state index is 0.332. The van der Waals surface area contributed by atoms with Crippen LogP contribution in [0.1, 0.15) is 19.5 Å². The van der Waals surface area contributed by atoms with Gasteiger partial charge in [0, 0.05) is 67.0 Å². The van der Waals surface area contributed by atoms with Crippen molar-refractivity contribution in [1.29, 1.82) is 0 Å². The Morgan fingerprint density at radius 1 is 1.11 bits per heavy atom. The van der Waals surface area contributed by atoms with E-state index in [1.54, 1.807) is 25.7 Å². The van der Waals surface area contributed by atoms with Crippen molar-refractivity contribution in [3.05, 3.63) is 57.3 Å². The van der Waals surface area contributed by atoms with Gasteiger partial charge in [0.25, 0.3) is 0 Å². The molecule has 3 aromatic heterocycles. The summed E-state index contributed by atoms with van der Waals surface area (Å²) in [6, 6.07) is 6.37. The van der Waals surface area contributed by atoms with Crippen LogP contribution in [0.25, 0.3) is 11.1 Å². The van der Waals surface area contributed by atoms with Crippen LogP contribution in [0.3, 0.4) is 0 Å². The van der Waals surface area contributed by atoms with Gasteiger partial charge in [-0.1, -0.05) is 11.6 Å². The molecule has 0 aliphatic carbocycles. The molecule has 9 nitrogen and oxygen atoms in total. The van der Waals surface area contributed by atoms with Gasteiger partial charge in [0.2, 0.25) is 5.95 Å². The minimum Gasteiger partial charge on any atom is -0.494 e. The number of hydrogen-bond donors (Lipinski definition) is 2. The van der Waals surface area contributed by atoms with E-state index in [0.29, 0.717) is 28.6 Å². The molecule has 0 spiro atoms. The molecule has 4 aromatic rings. The van der Waals surface area contributed by atoms with E-state index >= 15 is 0 Å². The van der Waals surface area contributed by atoms with E-state index in [4.69, 9.17) is 16.3 Å². The molecule has 1 aliphatic rings. The highest BCUT2D eigenvalue weighted by Gasteiger charge is 2.26. The molecule has 0 radical (unpaired) electrons. The number of nitrogens with one attached hydrogen (secondary N) is 2. The van der Waals surface area contributed by atoms with Gasteiger partial charge in [-0.05, 0) is 48.6 Å². The Bertz CT molecular complexity index is 1420. The number of hydrogen-bond acceptors (Lipinski definition) is 8. The monoisotopic (exact) mass is 616 g/mol. The maximum Gasteiger partial charge on any atom is 0.229 e. The van der Waals surface area contributed by atoms with Gasteiger partial charge in [0.1, 0.15) is 10.8 Å². The van der Waals surface area contributed by atoms with Crippen molar-refractivity contribution >= 4 is 63.0 Å². The van der Waals surface area contributed by atoms with E-state index in [2.05, 4.69) is 84.2 Å². The molecule has 0 amide bonds. The van der Waals surface area contributed by atoms with E-state index in [9.17, 15) is 0 Å². The van der Waals surface area contributed by atoms with E-state index in [-0.39, 0.29) is 0 Å². The number of pyridine rings is 1. The van der Waals surface area contributed by atoms with Gasteiger partial charge in [-0.25, -0.2) is 4.98 Å². The van der Waals surface area contributed by atoms with Crippen LogP contribution in [0.5, 0.6) is 5.75 Å². The molecular formula is C25H26ClIN8O. The predicted octanol–water partition coefficient (Wildman–Crippen LogP) is 5.80. The number of benzene rings is 1. The Labute approximate surface area is 228 Å². The molecule has 11 heteroatoms. The van der Waals surface area contributed by atoms with Crippen molar-refractivity contribution in [3.63, 3.8) is 0 Å². The molecule has 0 unspecified atom stereocenters. The number of halogens is 2. The zero-order chi connectivity index (χ0) is 25.4. The van der Waals surface area contributed by atoms with Crippen LogP contribution >= 0.6 is 34.2 Å². The van der Waals surface area contributed by atoms with Crippen molar-refractivity contribution in [1.82, 2.24) is 24.7 Å². The maximum absolute atomic E-state index is 6.40. The van der Waals surface area contributed by atoms with E-state index in [1.807, 2.05) is 24.0 Å². The molecule has 186 valence electrons. The van der Waals surface area contributed by atoms with Gasteiger partial charge < -0.3 is 20.3 Å². The van der Waals surface area contributed by atoms with Crippen molar-refractivity contribution in [2.24, 2.45) is 7.05 Å². The van der Waals surface area contributed by atoms with Crippen LogP contribution in [-0.2, 0) is 13.5 Å². The van der Waals surface area contributed by atoms with Crippen LogP contribution in [0.4, 0.5) is 28.8 Å². The molecule has 2 N–H and O–H groups in total. The molecule has 1 aliphatic heterocycles. The molecule has 0 bridgehead atoms. The predicted molar refractivity (Wildman–Crippen MR) is 152 cm³/mol. The van der Waals surface area contributed by atoms with Crippen molar-refractivity contribution in [2.75, 3.05) is 29.2 Å². The van der Waals surface area contributed by atoms with Gasteiger partial charge in [-0.2, -0.15) is 10.1 Å². The van der Waals surface area contributed by atoms with Crippen LogP contribution in [0.15, 0.2) is 43.0 Å². The Morgan fingerprint density at radius 3 is 2.69 bits per heavy atom. The Balaban J connectivity index is 1.55. The third-order valence-corrected chi connectivity index (χ3v) is 7.34. The molecule has 36 heavy (non-hydrogen) atoms. The number of aryl methyl sites for hydroxylation is 1. The fourth-order valence-corrected chi connectivity index (χ4v) is 5.01. The Morgan fingerprint density at radius 2 is 1.94 bits per heavy atom. The Hall–Kier alpha value is -3.12. The van der Waals surface area contributed by atoms with E-state index < -0.39 is 0 Å². The molecule has 0 fully saturated rings. The standard InChI is InChI=1S/C25H26ClIN8O/c1-14(2)35-8-6-21-16(11-30-34(21)3)15-9-20(23(36-4)10-22(15)35)32-25-29-12-17(26)24(33-25)31-19-5-7-28-13-18(19)27/h5,7,9-14H,6,8H2,1-4H3,(H2,28,29,31,32,33). The van der Waals surface area contributed by atoms with Gasteiger partial charge in [-0.3, -0.25) is 9.67 Å². The molecule has 0 saturated carbocycles. The normalized spacial score (nSPS) is 12.7. The molecule has 5 rings (SSSR count). The summed E-state index contributed by atoms with van der Waals surface area (Å²) in [5.74, 6) is 1.58. The summed E-state index contributed by atoms with van der Waals surface area (Å²) in [7, 11) is 3.66. The first kappa shape index (κ1) is 24.6. The zero-order valence-corrected chi connectivity index (χ0v) is 23.3. The average Bonchev–Trinajstić information content (AvgIpc) is 3.14. The first-order valence-corrected chi connectivity index (χ1v) is 13.0. The van der Waals surface area contributed by atoms with Gasteiger partial charge >= 0.3 is 0 Å². The number of nitrogens with zero attached hydrogens (tertiary/aromatic N) is 6. The molecule has 4 heterocycles. The number of fused-ring (bicyclic) bond motifs is 3. The van der Waals surface area contributed by atoms with Crippen molar-refractivity contribution < 1.29 is 4.74 Å². The molecule has 0 atom stereocenters. The second-order valence-electron chi connectivity index (χ2n) is 8.73. The summed E-state index contributed by atoms with van der Waals surface area (Å²) in [6.45, 7) is 5.31. The van der Waals surface area contributed by atoms with Gasteiger partial charge in [-0.15, -0.1) is 0 Å². The lowest BCUT2D eigenvalue weighted by atomic mass is 10.0. The largest absolute Gasteiger partial charge is 0.494 e. The maximum atomic E-state index is 6.40. The lowest BCUT2D eigenvalue weighted by Gasteiger charge is -2.30. The number of ether oxygens (including phenoxy) is 1. The van der Waals surface area contributed by atoms with Crippen LogP contribution < -0.4 is 20.3 Å². The lowest BCUT2D eigenvalue weighted by Crippen LogP contribution is -2.32. The summed E-state index contributed by atoms with van der Waals surface area (Å²) in [6.07, 6.45) is 7.90. The number of rotatable bonds is 6. The highest BCUT2D eigenvalue weighted by atomic mass is 127. The second kappa shape index (κ2) is 10.1. The van der Waals surface area contributed by atoms with Crippen LogP contribution in [-0.4, -0.2) is 44.4 Å². The lowest BCUT2D eigenvalue weighted by molar-refractivity contribution is 0.416. The third-order valence-electron chi connectivity index (χ3n) is 6.21. The summed E-state index contributed by atoms with van der Waals surface area (Å²) in [5.41, 5.74) is 6.14. The Kier molecular flexibility index (Phi) is 6.89. The number of aromatic nitrogens is 5. The van der Waals surface area contributed by atoms with Crippen LogP contribution in [0, 0.1) is 3.57 Å². The highest BCUT2D eigenvalue weighted by Crippen LogP contribution is 2.43. The van der Waals surface area contributed by atoms with Crippen molar-refractivity contribution in [2.45, 2.75) is 26.3 Å². The van der Waals surface area contributed by atoms with Gasteiger partial charge in [0.05, 0.1) is 34.4 Å². The highest BCUT2D eigenvalue weighted by molar-refractivity contribution is 14.1. The summed E-state index contributed by atoms with van der Waals surface area (Å²) in [4.78, 5) is 15.6. The first-order chi connectivity index (χ1) is 17.4. The fraction of sp³-hybridized carbons (Fsp3) is 0.280. The van der Waals surface area contributed by atoms with E-state index in [0.717, 1.165) is 44.7 Å². The SMILES string of the molecule is COc1cc2c(cc1Nc1ncc(Cl)c(Nc3ccncc3I)n1)-c1cnn(C)c1CCN2C(C)C. The van der Waals surface area contributed by atoms with Crippen molar-refractivity contribution in [3.8, 4) is 16.9 Å². The molecule has 0 saturated heterocycles.